The summed E-state index contributed by atoms with van der Waals surface area (Å²) in [6, 6.07) is 5.98. The highest BCUT2D eigenvalue weighted by Gasteiger charge is 2.11. The normalized spacial score (nSPS) is 10.9. The number of aromatic nitrogens is 2. The van der Waals surface area contributed by atoms with Gasteiger partial charge in [-0.25, -0.2) is 9.97 Å². The summed E-state index contributed by atoms with van der Waals surface area (Å²) in [6.45, 7) is 7.90. The maximum Gasteiger partial charge on any atom is 0.169 e. The second-order valence-corrected chi connectivity index (χ2v) is 5.28. The molecule has 1 N–H and O–H groups in total. The molecule has 0 aliphatic carbocycles. The Labute approximate surface area is 119 Å². The lowest BCUT2D eigenvalue weighted by atomic mass is 10.1. The van der Waals surface area contributed by atoms with Crippen LogP contribution in [0.5, 0.6) is 11.5 Å². The van der Waals surface area contributed by atoms with Gasteiger partial charge < -0.3 is 9.84 Å². The van der Waals surface area contributed by atoms with Gasteiger partial charge >= 0.3 is 0 Å². The molecule has 2 rings (SSSR count). The predicted molar refractivity (Wildman–Crippen MR) is 78.0 cm³/mol. The maximum absolute atomic E-state index is 9.44. The zero-order valence-corrected chi connectivity index (χ0v) is 12.3. The maximum atomic E-state index is 9.44. The Hall–Kier alpha value is -1.94. The van der Waals surface area contributed by atoms with Crippen molar-refractivity contribution in [2.24, 2.45) is 0 Å². The van der Waals surface area contributed by atoms with Gasteiger partial charge in [0.2, 0.25) is 0 Å². The highest BCUT2D eigenvalue weighted by atomic mass is 16.5. The van der Waals surface area contributed by atoms with Crippen molar-refractivity contribution >= 4 is 0 Å². The Morgan fingerprint density at radius 1 is 1.15 bits per heavy atom. The van der Waals surface area contributed by atoms with Gasteiger partial charge in [0, 0.05) is 5.92 Å². The molecule has 4 nitrogen and oxygen atoms in total. The van der Waals surface area contributed by atoms with E-state index in [0.29, 0.717) is 17.3 Å². The molecule has 0 fully saturated rings. The Kier molecular flexibility index (Phi) is 4.35. The van der Waals surface area contributed by atoms with Crippen LogP contribution in [0.2, 0.25) is 0 Å². The minimum Gasteiger partial charge on any atom is -0.454 e. The molecule has 106 valence electrons. The fourth-order valence-corrected chi connectivity index (χ4v) is 2.02. The van der Waals surface area contributed by atoms with Gasteiger partial charge in [-0.3, -0.25) is 0 Å². The molecule has 0 unspecified atom stereocenters. The lowest BCUT2D eigenvalue weighted by Crippen LogP contribution is -2.03. The van der Waals surface area contributed by atoms with E-state index in [1.165, 1.54) is 0 Å². The Balaban J connectivity index is 2.33. The van der Waals surface area contributed by atoms with Gasteiger partial charge in [-0.15, -0.1) is 0 Å². The highest BCUT2D eigenvalue weighted by molar-refractivity contribution is 5.37. The number of rotatable bonds is 4. The van der Waals surface area contributed by atoms with Crippen LogP contribution in [-0.4, -0.2) is 15.1 Å². The van der Waals surface area contributed by atoms with Crippen LogP contribution in [0.25, 0.3) is 0 Å². The first-order valence-corrected chi connectivity index (χ1v) is 6.72. The van der Waals surface area contributed by atoms with Gasteiger partial charge in [0.1, 0.15) is 17.3 Å². The third kappa shape index (κ3) is 3.33. The zero-order valence-electron chi connectivity index (χ0n) is 12.3. The second-order valence-electron chi connectivity index (χ2n) is 5.28. The van der Waals surface area contributed by atoms with Crippen molar-refractivity contribution in [2.45, 2.75) is 40.2 Å². The number of hydrogen-bond donors (Lipinski definition) is 1. The minimum atomic E-state index is -0.164. The number of nitrogens with zero attached hydrogens (tertiary/aromatic N) is 2. The van der Waals surface area contributed by atoms with E-state index < -0.39 is 0 Å². The Morgan fingerprint density at radius 3 is 2.35 bits per heavy atom. The highest BCUT2D eigenvalue weighted by Crippen LogP contribution is 2.26. The molecule has 0 aliphatic rings. The van der Waals surface area contributed by atoms with E-state index in [4.69, 9.17) is 4.74 Å². The molecule has 0 radical (unpaired) electrons. The second kappa shape index (κ2) is 6.01. The number of aliphatic hydroxyl groups excluding tert-OH is 1. The van der Waals surface area contributed by atoms with Crippen LogP contribution in [0.1, 0.15) is 42.4 Å². The lowest BCUT2D eigenvalue weighted by molar-refractivity contribution is 0.270. The summed E-state index contributed by atoms with van der Waals surface area (Å²) in [5.41, 5.74) is 2.78. The van der Waals surface area contributed by atoms with Crippen molar-refractivity contribution in [3.8, 4) is 11.5 Å². The molecular formula is C16H20N2O2. The summed E-state index contributed by atoms with van der Waals surface area (Å²) in [5.74, 6) is 2.16. The van der Waals surface area contributed by atoms with E-state index in [2.05, 4.69) is 16.0 Å². The van der Waals surface area contributed by atoms with Gasteiger partial charge in [-0.1, -0.05) is 19.9 Å². The number of hydrogen-bond acceptors (Lipinski definition) is 4. The molecule has 1 heterocycles. The van der Waals surface area contributed by atoms with Crippen LogP contribution < -0.4 is 4.74 Å². The fraction of sp³-hybridized carbons (Fsp3) is 0.375. The van der Waals surface area contributed by atoms with Crippen molar-refractivity contribution in [1.82, 2.24) is 9.97 Å². The first-order valence-electron chi connectivity index (χ1n) is 6.72. The van der Waals surface area contributed by atoms with E-state index in [9.17, 15) is 5.11 Å². The van der Waals surface area contributed by atoms with Gasteiger partial charge in [0.15, 0.2) is 5.75 Å². The van der Waals surface area contributed by atoms with Crippen molar-refractivity contribution in [3.63, 3.8) is 0 Å². The first-order chi connectivity index (χ1) is 9.49. The summed E-state index contributed by atoms with van der Waals surface area (Å²) in [7, 11) is 0. The number of benzene rings is 1. The Bertz CT molecular complexity index is 589. The van der Waals surface area contributed by atoms with Gasteiger partial charge in [-0.2, -0.15) is 0 Å². The van der Waals surface area contributed by atoms with Crippen LogP contribution >= 0.6 is 0 Å². The topological polar surface area (TPSA) is 55.2 Å². The lowest BCUT2D eigenvalue weighted by Gasteiger charge is -2.12. The summed E-state index contributed by atoms with van der Waals surface area (Å²) in [4.78, 5) is 8.63. The van der Waals surface area contributed by atoms with Crippen LogP contribution in [0.4, 0.5) is 0 Å². The third-order valence-electron chi connectivity index (χ3n) is 2.94. The smallest absolute Gasteiger partial charge is 0.169 e. The molecule has 4 heteroatoms. The average Bonchev–Trinajstić information content (AvgIpc) is 2.37. The number of ether oxygens (including phenoxy) is 1. The van der Waals surface area contributed by atoms with Crippen LogP contribution in [0.15, 0.2) is 24.4 Å². The van der Waals surface area contributed by atoms with E-state index in [1.54, 1.807) is 6.20 Å². The largest absolute Gasteiger partial charge is 0.454 e. The van der Waals surface area contributed by atoms with Crippen LogP contribution in [0.3, 0.4) is 0 Å². The molecule has 0 saturated heterocycles. The van der Waals surface area contributed by atoms with E-state index in [1.807, 2.05) is 39.8 Å². The van der Waals surface area contributed by atoms with Crippen molar-refractivity contribution in [1.29, 1.82) is 0 Å². The molecule has 2 aromatic rings. The zero-order chi connectivity index (χ0) is 14.7. The average molecular weight is 272 g/mol. The van der Waals surface area contributed by atoms with Gasteiger partial charge in [0.05, 0.1) is 12.8 Å². The minimum absolute atomic E-state index is 0.164. The van der Waals surface area contributed by atoms with Gasteiger partial charge in [0.25, 0.3) is 0 Å². The molecule has 0 aliphatic heterocycles. The molecule has 20 heavy (non-hydrogen) atoms. The predicted octanol–water partition coefficient (Wildman–Crippen LogP) is 3.50. The summed E-state index contributed by atoms with van der Waals surface area (Å²) >= 11 is 0. The van der Waals surface area contributed by atoms with Crippen molar-refractivity contribution < 1.29 is 9.84 Å². The summed E-state index contributed by atoms with van der Waals surface area (Å²) < 4.78 is 5.81. The molecule has 0 spiro atoms. The molecule has 1 aromatic heterocycles. The molecule has 1 aromatic carbocycles. The van der Waals surface area contributed by atoms with Crippen LogP contribution in [0, 0.1) is 13.8 Å². The number of aryl methyl sites for hydroxylation is 2. The molecule has 0 atom stereocenters. The van der Waals surface area contributed by atoms with Crippen LogP contribution in [-0.2, 0) is 6.61 Å². The van der Waals surface area contributed by atoms with Crippen molar-refractivity contribution in [3.05, 3.63) is 47.0 Å². The van der Waals surface area contributed by atoms with Crippen molar-refractivity contribution in [2.75, 3.05) is 0 Å². The molecule has 0 saturated carbocycles. The standard InChI is InChI=1S/C16H20N2O2/c1-10(2)16-17-8-15(14(9-19)18-16)20-13-6-11(3)5-12(4)7-13/h5-8,10,19H,9H2,1-4H3. The molecular weight excluding hydrogens is 252 g/mol. The first kappa shape index (κ1) is 14.5. The SMILES string of the molecule is Cc1cc(C)cc(Oc2cnc(C(C)C)nc2CO)c1. The fourth-order valence-electron chi connectivity index (χ4n) is 2.02. The van der Waals surface area contributed by atoms with E-state index in [-0.39, 0.29) is 12.5 Å². The van der Waals surface area contributed by atoms with Gasteiger partial charge in [-0.05, 0) is 37.1 Å². The van der Waals surface area contributed by atoms with E-state index >= 15 is 0 Å². The van der Waals surface area contributed by atoms with E-state index in [0.717, 1.165) is 16.9 Å². The third-order valence-corrected chi connectivity index (χ3v) is 2.94. The quantitative estimate of drug-likeness (QED) is 0.925. The Morgan fingerprint density at radius 2 is 1.80 bits per heavy atom. The summed E-state index contributed by atoms with van der Waals surface area (Å²) in [5, 5.41) is 9.44. The molecule has 0 bridgehead atoms. The monoisotopic (exact) mass is 272 g/mol. The summed E-state index contributed by atoms with van der Waals surface area (Å²) in [6.07, 6.45) is 1.63. The number of aliphatic hydroxyl groups is 1. The molecule has 0 amide bonds.